The minimum Gasteiger partial charge on any atom is -0.357 e. The fourth-order valence-electron chi connectivity index (χ4n) is 3.99. The summed E-state index contributed by atoms with van der Waals surface area (Å²) in [5.74, 6) is -1.39. The minimum atomic E-state index is -4.15. The van der Waals surface area contributed by atoms with Crippen molar-refractivity contribution >= 4 is 27.5 Å². The fourth-order valence-corrected chi connectivity index (χ4v) is 5.41. The smallest absolute Gasteiger partial charge is 0.264 e. The summed E-state index contributed by atoms with van der Waals surface area (Å²) in [5, 5.41) is 2.51. The molecule has 202 valence electrons. The Kier molecular flexibility index (Phi) is 9.27. The maximum atomic E-state index is 14.5. The molecular formula is C29H34FN3O4S. The van der Waals surface area contributed by atoms with Gasteiger partial charge < -0.3 is 10.2 Å². The first-order valence-corrected chi connectivity index (χ1v) is 13.8. The van der Waals surface area contributed by atoms with E-state index in [1.54, 1.807) is 30.3 Å². The van der Waals surface area contributed by atoms with Gasteiger partial charge in [-0.2, -0.15) is 0 Å². The molecule has 3 aromatic carbocycles. The first-order valence-electron chi connectivity index (χ1n) is 12.4. The molecule has 0 fully saturated rings. The lowest BCUT2D eigenvalue weighted by molar-refractivity contribution is -0.139. The molecular weight excluding hydrogens is 505 g/mol. The Balaban J connectivity index is 2.05. The zero-order valence-electron chi connectivity index (χ0n) is 22.3. The number of amides is 2. The molecule has 3 aromatic rings. The molecule has 7 nitrogen and oxygen atoms in total. The number of halogens is 1. The Morgan fingerprint density at radius 2 is 1.53 bits per heavy atom. The van der Waals surface area contributed by atoms with Gasteiger partial charge in [0.05, 0.1) is 10.6 Å². The van der Waals surface area contributed by atoms with Gasteiger partial charge in [-0.3, -0.25) is 13.9 Å². The van der Waals surface area contributed by atoms with Crippen LogP contribution in [0.5, 0.6) is 0 Å². The summed E-state index contributed by atoms with van der Waals surface area (Å²) >= 11 is 0. The Hall–Kier alpha value is -3.72. The van der Waals surface area contributed by atoms with Crippen molar-refractivity contribution in [3.8, 4) is 0 Å². The van der Waals surface area contributed by atoms with E-state index in [0.717, 1.165) is 15.4 Å². The zero-order valence-corrected chi connectivity index (χ0v) is 23.1. The number of likely N-dealkylation sites (N-methyl/N-ethyl adjacent to an activating group) is 1. The van der Waals surface area contributed by atoms with Crippen LogP contribution in [0.15, 0.2) is 77.7 Å². The van der Waals surface area contributed by atoms with E-state index in [4.69, 9.17) is 0 Å². The average molecular weight is 540 g/mol. The van der Waals surface area contributed by atoms with Crippen LogP contribution in [0.4, 0.5) is 10.1 Å². The molecule has 0 spiro atoms. The van der Waals surface area contributed by atoms with Crippen molar-refractivity contribution in [3.05, 3.63) is 95.3 Å². The van der Waals surface area contributed by atoms with E-state index in [-0.39, 0.29) is 22.9 Å². The van der Waals surface area contributed by atoms with Gasteiger partial charge in [-0.15, -0.1) is 0 Å². The van der Waals surface area contributed by atoms with E-state index in [1.165, 1.54) is 49.2 Å². The summed E-state index contributed by atoms with van der Waals surface area (Å²) in [6.07, 6.45) is 0. The second-order valence-electron chi connectivity index (χ2n) is 9.47. The third-order valence-electron chi connectivity index (χ3n) is 6.45. The predicted molar refractivity (Wildman–Crippen MR) is 147 cm³/mol. The molecule has 2 amide bonds. The molecule has 9 heteroatoms. The largest absolute Gasteiger partial charge is 0.357 e. The number of hydrogen-bond acceptors (Lipinski definition) is 4. The molecule has 0 radical (unpaired) electrons. The van der Waals surface area contributed by atoms with Crippen molar-refractivity contribution in [1.82, 2.24) is 10.2 Å². The van der Waals surface area contributed by atoms with E-state index in [1.807, 2.05) is 32.9 Å². The minimum absolute atomic E-state index is 0.0313. The van der Waals surface area contributed by atoms with Gasteiger partial charge in [-0.25, -0.2) is 12.8 Å². The number of rotatable bonds is 10. The van der Waals surface area contributed by atoms with Crippen LogP contribution < -0.4 is 9.62 Å². The highest BCUT2D eigenvalue weighted by atomic mass is 32.2. The molecule has 0 unspecified atom stereocenters. The maximum Gasteiger partial charge on any atom is 0.264 e. The molecule has 38 heavy (non-hydrogen) atoms. The number of hydrogen-bond donors (Lipinski definition) is 1. The van der Waals surface area contributed by atoms with Gasteiger partial charge in [0.25, 0.3) is 10.0 Å². The molecule has 0 aliphatic heterocycles. The monoisotopic (exact) mass is 539 g/mol. The number of sulfonamides is 1. The van der Waals surface area contributed by atoms with Crippen LogP contribution in [0, 0.1) is 12.7 Å². The van der Waals surface area contributed by atoms with E-state index in [9.17, 15) is 22.4 Å². The first-order chi connectivity index (χ1) is 17.9. The highest BCUT2D eigenvalue weighted by molar-refractivity contribution is 7.92. The van der Waals surface area contributed by atoms with Gasteiger partial charge in [0.15, 0.2) is 0 Å². The van der Waals surface area contributed by atoms with E-state index in [2.05, 4.69) is 5.32 Å². The van der Waals surface area contributed by atoms with E-state index < -0.39 is 40.2 Å². The lowest BCUT2D eigenvalue weighted by atomic mass is 10.0. The maximum absolute atomic E-state index is 14.5. The molecule has 0 aromatic heterocycles. The number of aryl methyl sites for hydroxylation is 1. The Morgan fingerprint density at radius 1 is 0.921 bits per heavy atom. The zero-order chi connectivity index (χ0) is 28.0. The van der Waals surface area contributed by atoms with Crippen LogP contribution in [-0.4, -0.2) is 44.8 Å². The summed E-state index contributed by atoms with van der Waals surface area (Å²) in [4.78, 5) is 27.5. The van der Waals surface area contributed by atoms with Gasteiger partial charge in [0.2, 0.25) is 11.8 Å². The molecule has 1 N–H and O–H groups in total. The van der Waals surface area contributed by atoms with Gasteiger partial charge in [-0.1, -0.05) is 61.9 Å². The summed E-state index contributed by atoms with van der Waals surface area (Å²) in [6, 6.07) is 18.3. The van der Waals surface area contributed by atoms with Gasteiger partial charge in [-0.05, 0) is 55.7 Å². The Morgan fingerprint density at radius 3 is 2.08 bits per heavy atom. The van der Waals surface area contributed by atoms with Crippen LogP contribution in [0.25, 0.3) is 0 Å². The molecule has 3 rings (SSSR count). The van der Waals surface area contributed by atoms with Crippen molar-refractivity contribution in [2.75, 3.05) is 17.9 Å². The van der Waals surface area contributed by atoms with Crippen molar-refractivity contribution in [2.45, 2.75) is 51.1 Å². The third kappa shape index (κ3) is 6.58. The fraction of sp³-hybridized carbons (Fsp3) is 0.310. The van der Waals surface area contributed by atoms with Crippen LogP contribution in [0.3, 0.4) is 0 Å². The van der Waals surface area contributed by atoms with Gasteiger partial charge in [0.1, 0.15) is 18.4 Å². The number of carbonyl (C=O) groups excluding carboxylic acids is 2. The van der Waals surface area contributed by atoms with E-state index >= 15 is 0 Å². The van der Waals surface area contributed by atoms with Gasteiger partial charge >= 0.3 is 0 Å². The summed E-state index contributed by atoms with van der Waals surface area (Å²) in [6.45, 7) is 6.65. The summed E-state index contributed by atoms with van der Waals surface area (Å²) < 4.78 is 43.1. The van der Waals surface area contributed by atoms with Crippen molar-refractivity contribution in [2.24, 2.45) is 0 Å². The predicted octanol–water partition coefficient (Wildman–Crippen LogP) is 4.62. The van der Waals surface area contributed by atoms with Crippen molar-refractivity contribution < 1.29 is 22.4 Å². The number of nitrogens with one attached hydrogen (secondary N) is 1. The molecule has 0 saturated heterocycles. The molecule has 0 aliphatic carbocycles. The number of carbonyl (C=O) groups is 2. The molecule has 0 saturated carbocycles. The van der Waals surface area contributed by atoms with Crippen molar-refractivity contribution in [3.63, 3.8) is 0 Å². The lowest BCUT2D eigenvalue weighted by Crippen LogP contribution is -2.50. The van der Waals surface area contributed by atoms with Gasteiger partial charge in [0, 0.05) is 19.2 Å². The molecule has 0 aliphatic rings. The number of benzene rings is 3. The Labute approximate surface area is 224 Å². The normalized spacial score (nSPS) is 12.2. The SMILES string of the molecule is CNC(=O)[C@@H](C)N(Cc1ccccc1F)C(=O)CN(c1ccc(C(C)C)cc1)S(=O)(=O)c1ccc(C)cc1. The topological polar surface area (TPSA) is 86.8 Å². The van der Waals surface area contributed by atoms with Crippen LogP contribution in [0.1, 0.15) is 43.4 Å². The van der Waals surface area contributed by atoms with Crippen LogP contribution >= 0.6 is 0 Å². The Bertz CT molecular complexity index is 1370. The standard InChI is InChI=1S/C29H34FN3O4S/c1-20(2)23-12-14-25(15-13-23)33(38(36,37)26-16-10-21(3)11-17-26)19-28(34)32(22(4)29(35)31-5)18-24-8-6-7-9-27(24)30/h6-17,20,22H,18-19H2,1-5H3,(H,31,35)/t22-/m1/s1. The highest BCUT2D eigenvalue weighted by Gasteiger charge is 2.32. The second-order valence-corrected chi connectivity index (χ2v) is 11.3. The quantitative estimate of drug-likeness (QED) is 0.408. The molecule has 0 bridgehead atoms. The third-order valence-corrected chi connectivity index (χ3v) is 8.24. The van der Waals surface area contributed by atoms with Crippen molar-refractivity contribution in [1.29, 1.82) is 0 Å². The summed E-state index contributed by atoms with van der Waals surface area (Å²) in [5.41, 5.74) is 2.43. The number of nitrogens with zero attached hydrogens (tertiary/aromatic N) is 2. The second kappa shape index (κ2) is 12.2. The van der Waals surface area contributed by atoms with Crippen LogP contribution in [0.2, 0.25) is 0 Å². The van der Waals surface area contributed by atoms with Crippen LogP contribution in [-0.2, 0) is 26.2 Å². The molecule has 1 atom stereocenters. The average Bonchev–Trinajstić information content (AvgIpc) is 2.90. The van der Waals surface area contributed by atoms with E-state index in [0.29, 0.717) is 5.69 Å². The highest BCUT2D eigenvalue weighted by Crippen LogP contribution is 2.27. The lowest BCUT2D eigenvalue weighted by Gasteiger charge is -2.32. The number of anilines is 1. The molecule has 0 heterocycles. The first kappa shape index (κ1) is 28.8. The summed E-state index contributed by atoms with van der Waals surface area (Å²) in [7, 11) is -2.71.